The zero-order valence-electron chi connectivity index (χ0n) is 26.2. The fraction of sp³-hybridized carbons (Fsp3) is 0.500. The molecule has 1 saturated carbocycles. The Morgan fingerprint density at radius 2 is 1.74 bits per heavy atom. The lowest BCUT2D eigenvalue weighted by Crippen LogP contribution is -2.61. The molecule has 3 aromatic rings. The normalized spacial score (nSPS) is 25.9. The minimum atomic E-state index is 0.0181. The Morgan fingerprint density at radius 1 is 0.930 bits per heavy atom. The number of amides is 1. The van der Waals surface area contributed by atoms with Crippen molar-refractivity contribution in [1.82, 2.24) is 15.1 Å². The highest BCUT2D eigenvalue weighted by molar-refractivity contribution is 5.76. The topological polar surface area (TPSA) is 44.8 Å². The first kappa shape index (κ1) is 29.9. The van der Waals surface area contributed by atoms with Gasteiger partial charge in [-0.1, -0.05) is 73.7 Å². The number of methoxy groups -OCH3 is 1. The van der Waals surface area contributed by atoms with Gasteiger partial charge in [0.1, 0.15) is 5.75 Å². The molecule has 1 N–H and O–H groups in total. The number of carbonyl (C=O) groups excluding carboxylic acids is 1. The molecule has 3 atom stereocenters. The molecule has 5 nitrogen and oxygen atoms in total. The molecule has 1 aliphatic carbocycles. The van der Waals surface area contributed by atoms with Gasteiger partial charge in [0.2, 0.25) is 5.91 Å². The standard InChI is InChI=1S/C38H49N3O2/c1-37-20-17-34(39-36(42)19-24-40-23-18-31-13-6-7-14-32(31)28-40)27-38(37,33-15-8-16-35(26-33)43-2)21-25-41(29-37)22-9-12-30-10-4-3-5-11-30/h3-8,10-11,13-16,26,34H,9,12,17-25,27-29H2,1-2H3,(H,39,42)/t34-,37-,38-/m1/s1. The summed E-state index contributed by atoms with van der Waals surface area (Å²) < 4.78 is 5.69. The number of ether oxygens (including phenoxy) is 1. The first-order valence-corrected chi connectivity index (χ1v) is 16.5. The summed E-state index contributed by atoms with van der Waals surface area (Å²) in [5, 5.41) is 3.50. The molecule has 3 aliphatic rings. The van der Waals surface area contributed by atoms with Gasteiger partial charge in [-0.05, 0) is 97.8 Å². The molecule has 0 bridgehead atoms. The highest BCUT2D eigenvalue weighted by Gasteiger charge is 2.55. The van der Waals surface area contributed by atoms with Crippen molar-refractivity contribution in [2.45, 2.75) is 76.3 Å². The molecule has 0 radical (unpaired) electrons. The summed E-state index contributed by atoms with van der Waals surface area (Å²) >= 11 is 0. The van der Waals surface area contributed by atoms with Gasteiger partial charge in [0, 0.05) is 44.1 Å². The van der Waals surface area contributed by atoms with Crippen molar-refractivity contribution in [3.05, 3.63) is 101 Å². The number of rotatable bonds is 10. The van der Waals surface area contributed by atoms with Crippen molar-refractivity contribution in [3.63, 3.8) is 0 Å². The lowest BCUT2D eigenvalue weighted by atomic mass is 9.50. The van der Waals surface area contributed by atoms with E-state index in [1.54, 1.807) is 7.11 Å². The largest absolute Gasteiger partial charge is 0.497 e. The number of nitrogens with one attached hydrogen (secondary N) is 1. The van der Waals surface area contributed by atoms with E-state index in [0.717, 1.165) is 83.5 Å². The Morgan fingerprint density at radius 3 is 2.58 bits per heavy atom. The average Bonchev–Trinajstić information content (AvgIpc) is 3.04. The van der Waals surface area contributed by atoms with Gasteiger partial charge < -0.3 is 15.0 Å². The van der Waals surface area contributed by atoms with E-state index in [-0.39, 0.29) is 22.8 Å². The summed E-state index contributed by atoms with van der Waals surface area (Å²) in [7, 11) is 1.76. The predicted molar refractivity (Wildman–Crippen MR) is 174 cm³/mol. The number of hydrogen-bond donors (Lipinski definition) is 1. The minimum absolute atomic E-state index is 0.0181. The van der Waals surface area contributed by atoms with Gasteiger partial charge in [-0.2, -0.15) is 0 Å². The van der Waals surface area contributed by atoms with Crippen LogP contribution in [0.5, 0.6) is 5.75 Å². The van der Waals surface area contributed by atoms with Crippen LogP contribution in [0.2, 0.25) is 0 Å². The van der Waals surface area contributed by atoms with E-state index in [4.69, 9.17) is 4.74 Å². The summed E-state index contributed by atoms with van der Waals surface area (Å²) in [5.74, 6) is 1.13. The summed E-state index contributed by atoms with van der Waals surface area (Å²) in [6.45, 7) is 8.67. The minimum Gasteiger partial charge on any atom is -0.497 e. The van der Waals surface area contributed by atoms with Crippen molar-refractivity contribution in [1.29, 1.82) is 0 Å². The summed E-state index contributed by atoms with van der Waals surface area (Å²) in [4.78, 5) is 18.4. The highest BCUT2D eigenvalue weighted by Crippen LogP contribution is 2.57. The van der Waals surface area contributed by atoms with E-state index in [1.165, 1.54) is 28.7 Å². The molecule has 2 heterocycles. The molecular formula is C38H49N3O2. The number of benzene rings is 3. The van der Waals surface area contributed by atoms with Crippen LogP contribution >= 0.6 is 0 Å². The van der Waals surface area contributed by atoms with E-state index >= 15 is 0 Å². The summed E-state index contributed by atoms with van der Waals surface area (Å²) in [5.41, 5.74) is 5.84. The zero-order valence-corrected chi connectivity index (χ0v) is 26.2. The molecule has 43 heavy (non-hydrogen) atoms. The maximum atomic E-state index is 13.3. The zero-order chi connectivity index (χ0) is 29.7. The molecule has 0 spiro atoms. The van der Waals surface area contributed by atoms with Crippen molar-refractivity contribution >= 4 is 5.91 Å². The molecule has 0 unspecified atom stereocenters. The average molecular weight is 580 g/mol. The van der Waals surface area contributed by atoms with Crippen LogP contribution in [0, 0.1) is 5.41 Å². The number of fused-ring (bicyclic) bond motifs is 2. The van der Waals surface area contributed by atoms with Crippen LogP contribution in [0.3, 0.4) is 0 Å². The molecule has 5 heteroatoms. The van der Waals surface area contributed by atoms with E-state index in [9.17, 15) is 4.79 Å². The maximum Gasteiger partial charge on any atom is 0.221 e. The lowest BCUT2D eigenvalue weighted by Gasteiger charge is -2.60. The van der Waals surface area contributed by atoms with Gasteiger partial charge >= 0.3 is 0 Å². The molecule has 2 aliphatic heterocycles. The van der Waals surface area contributed by atoms with Gasteiger partial charge in [-0.3, -0.25) is 9.69 Å². The van der Waals surface area contributed by atoms with E-state index < -0.39 is 0 Å². The number of hydrogen-bond acceptors (Lipinski definition) is 4. The molecule has 6 rings (SSSR count). The van der Waals surface area contributed by atoms with Gasteiger partial charge in [0.05, 0.1) is 7.11 Å². The van der Waals surface area contributed by atoms with E-state index in [0.29, 0.717) is 6.42 Å². The number of likely N-dealkylation sites (tertiary alicyclic amines) is 1. The SMILES string of the molecule is COc1cccc([C@]23CCN(CCCc4ccccc4)C[C@@]2(C)CC[C@@H](NC(=O)CCN2CCc4ccccc4C2)C3)c1. The van der Waals surface area contributed by atoms with Crippen LogP contribution in [-0.4, -0.2) is 61.6 Å². The Bertz CT molecular complexity index is 1380. The molecule has 0 aromatic heterocycles. The fourth-order valence-electron chi connectivity index (χ4n) is 8.36. The smallest absolute Gasteiger partial charge is 0.221 e. The molecule has 3 aromatic carbocycles. The fourth-order valence-corrected chi connectivity index (χ4v) is 8.36. The highest BCUT2D eigenvalue weighted by atomic mass is 16.5. The number of piperidine rings is 1. The predicted octanol–water partition coefficient (Wildman–Crippen LogP) is 6.39. The number of nitrogens with zero attached hydrogens (tertiary/aromatic N) is 2. The Kier molecular flexibility index (Phi) is 9.20. The van der Waals surface area contributed by atoms with Crippen molar-refractivity contribution in [3.8, 4) is 5.75 Å². The Labute approximate surface area is 258 Å². The third kappa shape index (κ3) is 6.68. The third-order valence-corrected chi connectivity index (χ3v) is 10.9. The summed E-state index contributed by atoms with van der Waals surface area (Å²) in [6.07, 6.45) is 8.23. The third-order valence-electron chi connectivity index (χ3n) is 10.9. The van der Waals surface area contributed by atoms with Gasteiger partial charge in [0.25, 0.3) is 0 Å². The second-order valence-corrected chi connectivity index (χ2v) is 13.5. The van der Waals surface area contributed by atoms with Crippen LogP contribution in [0.15, 0.2) is 78.9 Å². The van der Waals surface area contributed by atoms with Crippen molar-refractivity contribution < 1.29 is 9.53 Å². The van der Waals surface area contributed by atoms with Gasteiger partial charge in [-0.25, -0.2) is 0 Å². The molecule has 1 amide bonds. The first-order valence-electron chi connectivity index (χ1n) is 16.5. The molecular weight excluding hydrogens is 530 g/mol. The summed E-state index contributed by atoms with van der Waals surface area (Å²) in [6, 6.07) is 28.6. The Hall–Kier alpha value is -3.15. The van der Waals surface area contributed by atoms with Crippen LogP contribution < -0.4 is 10.1 Å². The second kappa shape index (κ2) is 13.2. The van der Waals surface area contributed by atoms with Gasteiger partial charge in [0.15, 0.2) is 0 Å². The monoisotopic (exact) mass is 579 g/mol. The lowest BCUT2D eigenvalue weighted by molar-refractivity contribution is -0.123. The van der Waals surface area contributed by atoms with Crippen LogP contribution in [0.1, 0.15) is 67.7 Å². The van der Waals surface area contributed by atoms with Crippen LogP contribution in [0.4, 0.5) is 0 Å². The van der Waals surface area contributed by atoms with Crippen molar-refractivity contribution in [2.24, 2.45) is 5.41 Å². The molecule has 2 fully saturated rings. The first-order chi connectivity index (χ1) is 21.0. The second-order valence-electron chi connectivity index (χ2n) is 13.5. The van der Waals surface area contributed by atoms with Crippen LogP contribution in [0.25, 0.3) is 0 Å². The van der Waals surface area contributed by atoms with Crippen LogP contribution in [-0.2, 0) is 29.6 Å². The van der Waals surface area contributed by atoms with Gasteiger partial charge in [-0.15, -0.1) is 0 Å². The quantitative estimate of drug-likeness (QED) is 0.302. The van der Waals surface area contributed by atoms with E-state index in [1.807, 2.05) is 0 Å². The molecule has 1 saturated heterocycles. The number of carbonyl (C=O) groups is 1. The maximum absolute atomic E-state index is 13.3. The van der Waals surface area contributed by atoms with Crippen molar-refractivity contribution in [2.75, 3.05) is 39.8 Å². The Balaban J connectivity index is 1.10. The van der Waals surface area contributed by atoms with E-state index in [2.05, 4.69) is 101 Å². The molecule has 228 valence electrons. The number of aryl methyl sites for hydroxylation is 1.